The maximum atomic E-state index is 12.9. The van der Waals surface area contributed by atoms with Gasteiger partial charge in [0.1, 0.15) is 0 Å². The SMILES string of the molecule is CC(=O)Nc1ccc(N(S(=O)(=O)F)S(=O)(=O)F)c(Cl)c1. The van der Waals surface area contributed by atoms with Gasteiger partial charge in [0, 0.05) is 12.6 Å². The average Bonchev–Trinajstić information content (AvgIpc) is 2.16. The Labute approximate surface area is 118 Å². The number of nitrogens with one attached hydrogen (secondary N) is 1. The van der Waals surface area contributed by atoms with Crippen LogP contribution in [0.25, 0.3) is 0 Å². The van der Waals surface area contributed by atoms with Crippen LogP contribution in [0.2, 0.25) is 5.02 Å². The van der Waals surface area contributed by atoms with Gasteiger partial charge in [-0.3, -0.25) is 4.79 Å². The molecule has 0 radical (unpaired) electrons. The number of carbonyl (C=O) groups excluding carboxylic acids is 1. The van der Waals surface area contributed by atoms with Crippen LogP contribution in [0.3, 0.4) is 0 Å². The highest BCUT2D eigenvalue weighted by Crippen LogP contribution is 2.33. The quantitative estimate of drug-likeness (QED) is 0.832. The summed E-state index contributed by atoms with van der Waals surface area (Å²) < 4.78 is 67.5. The molecular weight excluding hydrogens is 342 g/mol. The largest absolute Gasteiger partial charge is 0.414 e. The first kappa shape index (κ1) is 16.6. The predicted octanol–water partition coefficient (Wildman–Crippen LogP) is 1.53. The third-order valence-corrected chi connectivity index (χ3v) is 4.42. The molecule has 0 bridgehead atoms. The highest BCUT2D eigenvalue weighted by Gasteiger charge is 2.36. The normalized spacial score (nSPS) is 12.0. The molecule has 0 heterocycles. The number of benzene rings is 1. The zero-order valence-corrected chi connectivity index (χ0v) is 12.1. The van der Waals surface area contributed by atoms with Crippen molar-refractivity contribution >= 4 is 49.7 Å². The van der Waals surface area contributed by atoms with Crippen molar-refractivity contribution in [3.63, 3.8) is 0 Å². The van der Waals surface area contributed by atoms with Crippen molar-refractivity contribution in [1.82, 2.24) is 0 Å². The molecule has 0 unspecified atom stereocenters. The summed E-state index contributed by atoms with van der Waals surface area (Å²) >= 11 is 5.56. The van der Waals surface area contributed by atoms with Crippen molar-refractivity contribution in [2.75, 3.05) is 9.03 Å². The maximum absolute atomic E-state index is 12.9. The second-order valence-corrected chi connectivity index (χ2v) is 6.45. The molecule has 0 saturated heterocycles. The van der Waals surface area contributed by atoms with Crippen LogP contribution in [0.1, 0.15) is 6.92 Å². The molecule has 0 aromatic heterocycles. The molecule has 0 aliphatic heterocycles. The molecule has 1 N–H and O–H groups in total. The van der Waals surface area contributed by atoms with Crippen LogP contribution in [-0.2, 0) is 25.6 Å². The Bertz CT molecular complexity index is 718. The van der Waals surface area contributed by atoms with Crippen molar-refractivity contribution in [3.05, 3.63) is 23.2 Å². The van der Waals surface area contributed by atoms with Gasteiger partial charge in [0.15, 0.2) is 0 Å². The van der Waals surface area contributed by atoms with Crippen LogP contribution in [0, 0.1) is 0 Å². The molecule has 0 saturated carbocycles. The van der Waals surface area contributed by atoms with E-state index in [1.807, 2.05) is 0 Å². The zero-order valence-electron chi connectivity index (χ0n) is 9.67. The Morgan fingerprint density at radius 2 is 1.70 bits per heavy atom. The van der Waals surface area contributed by atoms with Crippen molar-refractivity contribution < 1.29 is 29.4 Å². The molecule has 1 aromatic carbocycles. The summed E-state index contributed by atoms with van der Waals surface area (Å²) in [5, 5.41) is 1.66. The lowest BCUT2D eigenvalue weighted by Gasteiger charge is -2.16. The van der Waals surface area contributed by atoms with Gasteiger partial charge in [-0.05, 0) is 18.2 Å². The van der Waals surface area contributed by atoms with E-state index in [1.165, 1.54) is 6.92 Å². The summed E-state index contributed by atoms with van der Waals surface area (Å²) in [5.41, 5.74) is -0.871. The van der Waals surface area contributed by atoms with E-state index in [-0.39, 0.29) is 5.69 Å². The molecule has 1 aromatic rings. The molecule has 0 spiro atoms. The van der Waals surface area contributed by atoms with Gasteiger partial charge in [-0.25, -0.2) is 0 Å². The number of hydrogen-bond acceptors (Lipinski definition) is 5. The van der Waals surface area contributed by atoms with Gasteiger partial charge in [0.05, 0.1) is 10.7 Å². The number of carbonyl (C=O) groups is 1. The van der Waals surface area contributed by atoms with Gasteiger partial charge >= 0.3 is 20.8 Å². The van der Waals surface area contributed by atoms with E-state index in [4.69, 9.17) is 11.6 Å². The summed E-state index contributed by atoms with van der Waals surface area (Å²) in [6, 6.07) is 2.68. The van der Waals surface area contributed by atoms with E-state index in [2.05, 4.69) is 5.32 Å². The predicted molar refractivity (Wildman–Crippen MR) is 68.3 cm³/mol. The number of rotatable bonds is 4. The molecule has 112 valence electrons. The Kier molecular flexibility index (Phi) is 4.56. The molecule has 0 aliphatic rings. The molecule has 0 aliphatic carbocycles. The molecule has 0 fully saturated rings. The highest BCUT2D eigenvalue weighted by atomic mass is 35.5. The lowest BCUT2D eigenvalue weighted by molar-refractivity contribution is -0.114. The minimum atomic E-state index is -5.94. The Hall–Kier alpha value is -1.46. The fourth-order valence-corrected chi connectivity index (χ4v) is 3.28. The van der Waals surface area contributed by atoms with Gasteiger partial charge in [0.25, 0.3) is 0 Å². The lowest BCUT2D eigenvalue weighted by atomic mass is 10.3. The second kappa shape index (κ2) is 5.50. The first-order valence-corrected chi connectivity index (χ1v) is 7.75. The smallest absolute Gasteiger partial charge is 0.326 e. The standard InChI is InChI=1S/C8H7ClF2N2O5S2/c1-5(14)12-6-2-3-8(7(9)4-6)13(19(10,15)16)20(11,17)18/h2-4H,1H3,(H,12,14). The second-order valence-electron chi connectivity index (χ2n) is 3.43. The first-order valence-electron chi connectivity index (χ1n) is 4.70. The number of nitrogens with zero attached hydrogens (tertiary/aromatic N) is 1. The molecular formula is C8H7ClF2N2O5S2. The van der Waals surface area contributed by atoms with Gasteiger partial charge in [-0.2, -0.15) is 16.8 Å². The van der Waals surface area contributed by atoms with Gasteiger partial charge < -0.3 is 5.32 Å². The van der Waals surface area contributed by atoms with Crippen molar-refractivity contribution in [1.29, 1.82) is 0 Å². The maximum Gasteiger partial charge on any atom is 0.414 e. The van der Waals surface area contributed by atoms with Crippen LogP contribution in [0.4, 0.5) is 19.1 Å². The Morgan fingerprint density at radius 3 is 2.05 bits per heavy atom. The van der Waals surface area contributed by atoms with E-state index in [1.54, 1.807) is 0 Å². The number of amides is 1. The van der Waals surface area contributed by atoms with Crippen LogP contribution >= 0.6 is 11.6 Å². The third-order valence-electron chi connectivity index (χ3n) is 1.86. The Balaban J connectivity index is 3.42. The van der Waals surface area contributed by atoms with E-state index in [0.29, 0.717) is 0 Å². The van der Waals surface area contributed by atoms with E-state index < -0.39 is 41.1 Å². The van der Waals surface area contributed by atoms with E-state index in [9.17, 15) is 29.4 Å². The number of anilines is 2. The van der Waals surface area contributed by atoms with Crippen molar-refractivity contribution in [2.45, 2.75) is 6.92 Å². The third kappa shape index (κ3) is 4.02. The van der Waals surface area contributed by atoms with E-state index in [0.717, 1.165) is 18.2 Å². The van der Waals surface area contributed by atoms with Crippen molar-refractivity contribution in [3.8, 4) is 0 Å². The zero-order chi connectivity index (χ0) is 15.7. The van der Waals surface area contributed by atoms with Gasteiger partial charge in [-0.15, -0.1) is 3.71 Å². The summed E-state index contributed by atoms with van der Waals surface area (Å²) in [6.07, 6.45) is 0. The van der Waals surface area contributed by atoms with Crippen LogP contribution in [-0.4, -0.2) is 22.7 Å². The number of halogens is 3. The van der Waals surface area contributed by atoms with E-state index >= 15 is 0 Å². The topological polar surface area (TPSA) is 101 Å². The fourth-order valence-electron chi connectivity index (χ4n) is 1.28. The summed E-state index contributed by atoms with van der Waals surface area (Å²) in [7, 11) is -11.9. The van der Waals surface area contributed by atoms with Crippen LogP contribution in [0.5, 0.6) is 0 Å². The molecule has 0 atom stereocenters. The summed E-state index contributed by atoms with van der Waals surface area (Å²) in [5.74, 6) is -0.484. The number of hydrogen-bond donors (Lipinski definition) is 1. The molecule has 1 rings (SSSR count). The minimum Gasteiger partial charge on any atom is -0.326 e. The molecule has 20 heavy (non-hydrogen) atoms. The van der Waals surface area contributed by atoms with Crippen LogP contribution < -0.4 is 9.03 Å². The van der Waals surface area contributed by atoms with Gasteiger partial charge in [0.2, 0.25) is 5.91 Å². The monoisotopic (exact) mass is 348 g/mol. The first-order chi connectivity index (χ1) is 8.93. The van der Waals surface area contributed by atoms with Crippen LogP contribution in [0.15, 0.2) is 18.2 Å². The molecule has 1 amide bonds. The Morgan fingerprint density at radius 1 is 1.20 bits per heavy atom. The summed E-state index contributed by atoms with van der Waals surface area (Å²) in [4.78, 5) is 10.8. The lowest BCUT2D eigenvalue weighted by Crippen LogP contribution is -2.31. The van der Waals surface area contributed by atoms with Crippen molar-refractivity contribution in [2.24, 2.45) is 0 Å². The molecule has 12 heteroatoms. The fraction of sp³-hybridized carbons (Fsp3) is 0.125. The van der Waals surface area contributed by atoms with Gasteiger partial charge in [-0.1, -0.05) is 19.4 Å². The average molecular weight is 349 g/mol. The minimum absolute atomic E-state index is 0.0821. The molecule has 7 nitrogen and oxygen atoms in total. The summed E-state index contributed by atoms with van der Waals surface area (Å²) in [6.45, 7) is 1.17. The highest BCUT2D eigenvalue weighted by molar-refractivity contribution is 8.05.